The van der Waals surface area contributed by atoms with Crippen molar-refractivity contribution in [3.05, 3.63) is 76.9 Å². The zero-order chi connectivity index (χ0) is 16.0. The first-order valence-corrected chi connectivity index (χ1v) is 7.38. The largest absolute Gasteiger partial charge is 0.399 e. The summed E-state index contributed by atoms with van der Waals surface area (Å²) in [4.78, 5) is 24.4. The summed E-state index contributed by atoms with van der Waals surface area (Å²) in [6.45, 7) is 0. The molecule has 1 aliphatic rings. The van der Waals surface area contributed by atoms with E-state index in [1.165, 1.54) is 0 Å². The van der Waals surface area contributed by atoms with E-state index in [1.54, 1.807) is 6.07 Å². The fraction of sp³-hybridized carbons (Fsp3) is 0.0526. The van der Waals surface area contributed by atoms with Crippen molar-refractivity contribution in [2.24, 2.45) is 0 Å². The summed E-state index contributed by atoms with van der Waals surface area (Å²) in [6.07, 6.45) is 0.613. The lowest BCUT2D eigenvalue weighted by Crippen LogP contribution is -2.35. The molecule has 0 fully saturated rings. The number of carbonyl (C=O) groups excluding carboxylic acids is 2. The first-order valence-electron chi connectivity index (χ1n) is 7.38. The quantitative estimate of drug-likeness (QED) is 0.565. The van der Waals surface area contributed by atoms with Gasteiger partial charge in [0, 0.05) is 16.6 Å². The Balaban J connectivity index is 1.92. The highest BCUT2D eigenvalue weighted by Crippen LogP contribution is 2.30. The molecular formula is C19H14N2O2. The summed E-state index contributed by atoms with van der Waals surface area (Å²) in [5.41, 5.74) is 9.54. The first-order chi connectivity index (χ1) is 11.1. The number of hydrogen-bond acceptors (Lipinski definition) is 3. The number of imide groups is 1. The van der Waals surface area contributed by atoms with Crippen molar-refractivity contribution in [3.63, 3.8) is 0 Å². The van der Waals surface area contributed by atoms with Gasteiger partial charge in [0.05, 0.1) is 5.56 Å². The molecule has 0 radical (unpaired) electrons. The van der Waals surface area contributed by atoms with Crippen LogP contribution in [0.5, 0.6) is 0 Å². The lowest BCUT2D eigenvalue weighted by Gasteiger charge is -2.19. The molecule has 112 valence electrons. The molecule has 3 aromatic rings. The van der Waals surface area contributed by atoms with E-state index in [9.17, 15) is 9.59 Å². The molecule has 1 heterocycles. The van der Waals surface area contributed by atoms with Crippen molar-refractivity contribution in [3.8, 4) is 0 Å². The fourth-order valence-electron chi connectivity index (χ4n) is 3.11. The number of benzene rings is 3. The molecular weight excluding hydrogens is 288 g/mol. The highest BCUT2D eigenvalue weighted by Gasteiger charge is 2.26. The fourth-order valence-corrected chi connectivity index (χ4v) is 3.11. The monoisotopic (exact) mass is 302 g/mol. The van der Waals surface area contributed by atoms with Crippen LogP contribution in [0.2, 0.25) is 0 Å². The van der Waals surface area contributed by atoms with Crippen LogP contribution in [0.15, 0.2) is 54.6 Å². The van der Waals surface area contributed by atoms with Gasteiger partial charge in [-0.15, -0.1) is 0 Å². The third kappa shape index (κ3) is 2.16. The van der Waals surface area contributed by atoms with E-state index in [0.717, 1.165) is 21.9 Å². The highest BCUT2D eigenvalue weighted by atomic mass is 16.2. The molecule has 0 spiro atoms. The molecule has 23 heavy (non-hydrogen) atoms. The predicted molar refractivity (Wildman–Crippen MR) is 89.4 cm³/mol. The molecule has 0 bridgehead atoms. The maximum Gasteiger partial charge on any atom is 0.259 e. The third-order valence-electron chi connectivity index (χ3n) is 4.20. The molecule has 0 unspecified atom stereocenters. The third-order valence-corrected chi connectivity index (χ3v) is 4.20. The van der Waals surface area contributed by atoms with Gasteiger partial charge in [-0.05, 0) is 41.1 Å². The second-order valence-electron chi connectivity index (χ2n) is 5.70. The van der Waals surface area contributed by atoms with Crippen LogP contribution in [0.3, 0.4) is 0 Å². The van der Waals surface area contributed by atoms with Crippen molar-refractivity contribution in [1.29, 1.82) is 0 Å². The summed E-state index contributed by atoms with van der Waals surface area (Å²) in [7, 11) is 0. The first kappa shape index (κ1) is 13.5. The van der Waals surface area contributed by atoms with Crippen LogP contribution >= 0.6 is 0 Å². The second-order valence-corrected chi connectivity index (χ2v) is 5.70. The average Bonchev–Trinajstić information content (AvgIpc) is 2.55. The topological polar surface area (TPSA) is 72.2 Å². The lowest BCUT2D eigenvalue weighted by atomic mass is 9.89. The molecule has 0 aliphatic carbocycles. The number of carbonyl (C=O) groups is 2. The van der Waals surface area contributed by atoms with Gasteiger partial charge in [0.25, 0.3) is 11.8 Å². The van der Waals surface area contributed by atoms with Crippen LogP contribution in [-0.4, -0.2) is 11.8 Å². The van der Waals surface area contributed by atoms with Gasteiger partial charge in [0.15, 0.2) is 0 Å². The molecule has 3 N–H and O–H groups in total. The Morgan fingerprint density at radius 1 is 0.870 bits per heavy atom. The van der Waals surface area contributed by atoms with Crippen molar-refractivity contribution in [1.82, 2.24) is 5.32 Å². The van der Waals surface area contributed by atoms with Gasteiger partial charge in [-0.2, -0.15) is 0 Å². The Bertz CT molecular complexity index is 959. The molecule has 4 rings (SSSR count). The molecule has 2 amide bonds. The molecule has 0 aromatic heterocycles. The maximum atomic E-state index is 12.4. The second kappa shape index (κ2) is 4.95. The molecule has 0 saturated carbocycles. The van der Waals surface area contributed by atoms with Crippen LogP contribution < -0.4 is 11.1 Å². The van der Waals surface area contributed by atoms with E-state index in [-0.39, 0.29) is 11.8 Å². The zero-order valence-corrected chi connectivity index (χ0v) is 12.3. The average molecular weight is 302 g/mol. The Hall–Kier alpha value is -3.14. The Kier molecular flexibility index (Phi) is 2.91. The van der Waals surface area contributed by atoms with Crippen molar-refractivity contribution in [2.45, 2.75) is 6.42 Å². The number of nitrogen functional groups attached to an aromatic ring is 1. The van der Waals surface area contributed by atoms with Gasteiger partial charge in [-0.1, -0.05) is 36.4 Å². The minimum Gasteiger partial charge on any atom is -0.399 e. The van der Waals surface area contributed by atoms with Crippen LogP contribution in [0.1, 0.15) is 31.8 Å². The summed E-state index contributed by atoms with van der Waals surface area (Å²) in [6, 6.07) is 17.0. The zero-order valence-electron chi connectivity index (χ0n) is 12.3. The van der Waals surface area contributed by atoms with E-state index >= 15 is 0 Å². The van der Waals surface area contributed by atoms with Crippen LogP contribution in [-0.2, 0) is 6.42 Å². The van der Waals surface area contributed by atoms with Crippen LogP contribution in [0.4, 0.5) is 5.69 Å². The lowest BCUT2D eigenvalue weighted by molar-refractivity contribution is 0.0844. The Morgan fingerprint density at radius 3 is 2.43 bits per heavy atom. The Morgan fingerprint density at radius 2 is 1.65 bits per heavy atom. The van der Waals surface area contributed by atoms with Gasteiger partial charge < -0.3 is 5.73 Å². The number of anilines is 1. The number of hydrogen-bond donors (Lipinski definition) is 2. The SMILES string of the molecule is Nc1ccc(Cc2ccc3cccc4c3c2C(=O)NC4=O)cc1. The molecule has 4 nitrogen and oxygen atoms in total. The molecule has 1 aliphatic heterocycles. The smallest absolute Gasteiger partial charge is 0.259 e. The molecule has 0 atom stereocenters. The van der Waals surface area contributed by atoms with Crippen LogP contribution in [0.25, 0.3) is 10.8 Å². The minimum absolute atomic E-state index is 0.329. The number of rotatable bonds is 2. The van der Waals surface area contributed by atoms with Gasteiger partial charge in [0.1, 0.15) is 0 Å². The van der Waals surface area contributed by atoms with E-state index in [0.29, 0.717) is 23.2 Å². The Labute approximate surface area is 132 Å². The van der Waals surface area contributed by atoms with Gasteiger partial charge in [-0.3, -0.25) is 14.9 Å². The van der Waals surface area contributed by atoms with E-state index < -0.39 is 0 Å². The number of nitrogens with two attached hydrogens (primary N) is 1. The van der Waals surface area contributed by atoms with Crippen molar-refractivity contribution < 1.29 is 9.59 Å². The summed E-state index contributed by atoms with van der Waals surface area (Å²) in [5.74, 6) is -0.664. The predicted octanol–water partition coefficient (Wildman–Crippen LogP) is 2.90. The van der Waals surface area contributed by atoms with Crippen LogP contribution in [0, 0.1) is 0 Å². The standard InChI is InChI=1S/C19H14N2O2/c20-14-8-4-11(5-9-14)10-13-7-6-12-2-1-3-15-16(12)17(13)19(23)21-18(15)22/h1-9H,10,20H2,(H,21,22,23). The molecule has 0 saturated heterocycles. The summed E-state index contributed by atoms with van der Waals surface area (Å²) in [5, 5.41) is 4.08. The summed E-state index contributed by atoms with van der Waals surface area (Å²) >= 11 is 0. The van der Waals surface area contributed by atoms with E-state index in [4.69, 9.17) is 5.73 Å². The van der Waals surface area contributed by atoms with Gasteiger partial charge in [-0.25, -0.2) is 0 Å². The maximum absolute atomic E-state index is 12.4. The molecule has 3 aromatic carbocycles. The van der Waals surface area contributed by atoms with Gasteiger partial charge >= 0.3 is 0 Å². The number of amides is 2. The highest BCUT2D eigenvalue weighted by molar-refractivity contribution is 6.26. The van der Waals surface area contributed by atoms with Crippen molar-refractivity contribution >= 4 is 28.3 Å². The summed E-state index contributed by atoms with van der Waals surface area (Å²) < 4.78 is 0. The minimum atomic E-state index is -0.335. The number of nitrogens with one attached hydrogen (secondary N) is 1. The van der Waals surface area contributed by atoms with Gasteiger partial charge in [0.2, 0.25) is 0 Å². The van der Waals surface area contributed by atoms with E-state index in [2.05, 4.69) is 5.32 Å². The van der Waals surface area contributed by atoms with Crippen molar-refractivity contribution in [2.75, 3.05) is 5.73 Å². The molecule has 4 heteroatoms. The normalized spacial score (nSPS) is 13.2. The van der Waals surface area contributed by atoms with E-state index in [1.807, 2.05) is 48.5 Å².